The number of carbonyl (C=O) groups is 7. The van der Waals surface area contributed by atoms with Crippen LogP contribution in [0.15, 0.2) is 103 Å². The van der Waals surface area contributed by atoms with Crippen molar-refractivity contribution < 1.29 is 38.3 Å². The molecule has 3 aliphatic rings. The van der Waals surface area contributed by atoms with Crippen LogP contribution in [0.25, 0.3) is 21.7 Å². The van der Waals surface area contributed by atoms with Crippen LogP contribution < -0.4 is 4.90 Å². The van der Waals surface area contributed by atoms with Gasteiger partial charge in [0, 0.05) is 45.8 Å². The minimum atomic E-state index is -1.31. The van der Waals surface area contributed by atoms with E-state index in [4.69, 9.17) is 4.74 Å². The van der Waals surface area contributed by atoms with Gasteiger partial charge in [-0.05, 0) is 66.4 Å². The quantitative estimate of drug-likeness (QED) is 0.0889. The van der Waals surface area contributed by atoms with E-state index in [1.54, 1.807) is 60.7 Å². The summed E-state index contributed by atoms with van der Waals surface area (Å²) in [6.45, 7) is -0.0836. The monoisotopic (exact) mass is 700 g/mol. The minimum Gasteiger partial charge on any atom is -0.462 e. The molecule has 0 fully saturated rings. The molecule has 0 N–H and O–H groups in total. The molecule has 9 rings (SSSR count). The Bertz CT molecular complexity index is 2620. The minimum absolute atomic E-state index is 0.0213. The highest BCUT2D eigenvalue weighted by molar-refractivity contribution is 6.35. The summed E-state index contributed by atoms with van der Waals surface area (Å²) in [6.07, 6.45) is 1.61. The van der Waals surface area contributed by atoms with Crippen LogP contribution in [0, 0.1) is 0 Å². The number of rotatable bonds is 7. The van der Waals surface area contributed by atoms with Gasteiger partial charge in [-0.15, -0.1) is 0 Å². The van der Waals surface area contributed by atoms with Crippen LogP contribution in [-0.2, 0) is 4.74 Å². The number of anilines is 1. The van der Waals surface area contributed by atoms with Crippen molar-refractivity contribution in [1.82, 2.24) is 14.9 Å². The number of aromatic nitrogens is 2. The fourth-order valence-corrected chi connectivity index (χ4v) is 7.32. The Balaban J connectivity index is 0.908. The maximum absolute atomic E-state index is 13.8. The van der Waals surface area contributed by atoms with Crippen molar-refractivity contribution in [2.24, 2.45) is 0 Å². The number of ketones is 2. The summed E-state index contributed by atoms with van der Waals surface area (Å²) in [6, 6.07) is 25.9. The maximum Gasteiger partial charge on any atom is 0.338 e. The lowest BCUT2D eigenvalue weighted by Gasteiger charge is -2.27. The van der Waals surface area contributed by atoms with Crippen molar-refractivity contribution in [3.63, 3.8) is 0 Å². The van der Waals surface area contributed by atoms with Crippen LogP contribution in [0.1, 0.15) is 90.7 Å². The Labute approximate surface area is 299 Å². The van der Waals surface area contributed by atoms with Gasteiger partial charge < -0.3 is 4.74 Å². The summed E-state index contributed by atoms with van der Waals surface area (Å²) in [5.74, 6) is -5.13. The number of para-hydroxylation sites is 1. The Morgan fingerprint density at radius 1 is 0.660 bits per heavy atom. The number of carbonyl (C=O) groups excluding carboxylic acids is 7. The molecular weight excluding hydrogens is 676 g/mol. The van der Waals surface area contributed by atoms with E-state index < -0.39 is 47.1 Å². The number of nitrogens with zero attached hydrogens (tertiary/aromatic N) is 4. The largest absolute Gasteiger partial charge is 0.462 e. The Kier molecular flexibility index (Phi) is 7.16. The van der Waals surface area contributed by atoms with E-state index in [0.29, 0.717) is 21.9 Å². The molecule has 4 heterocycles. The summed E-state index contributed by atoms with van der Waals surface area (Å²) in [5, 5.41) is 2.00. The van der Waals surface area contributed by atoms with Crippen LogP contribution in [-0.4, -0.2) is 69.2 Å². The van der Waals surface area contributed by atoms with Crippen LogP contribution in [0.3, 0.4) is 0 Å². The number of ether oxygens (including phenoxy) is 1. The van der Waals surface area contributed by atoms with Gasteiger partial charge in [0.05, 0.1) is 34.6 Å². The highest BCUT2D eigenvalue weighted by Gasteiger charge is 2.42. The summed E-state index contributed by atoms with van der Waals surface area (Å²) >= 11 is 0. The highest BCUT2D eigenvalue weighted by Crippen LogP contribution is 2.37. The molecule has 12 nitrogen and oxygen atoms in total. The number of benzene rings is 4. The Morgan fingerprint density at radius 2 is 1.36 bits per heavy atom. The third-order valence-electron chi connectivity index (χ3n) is 9.83. The molecule has 2 aromatic heterocycles. The molecule has 1 atom stereocenters. The predicted molar refractivity (Wildman–Crippen MR) is 189 cm³/mol. The zero-order valence-electron chi connectivity index (χ0n) is 27.6. The molecule has 2 aliphatic heterocycles. The van der Waals surface area contributed by atoms with E-state index >= 15 is 0 Å². The van der Waals surface area contributed by atoms with Crippen LogP contribution >= 0.6 is 0 Å². The molecule has 6 aromatic rings. The summed E-state index contributed by atoms with van der Waals surface area (Å²) in [4.78, 5) is 104. The molecule has 1 unspecified atom stereocenters. The summed E-state index contributed by atoms with van der Waals surface area (Å²) in [7, 11) is 0. The van der Waals surface area contributed by atoms with Crippen molar-refractivity contribution in [2.45, 2.75) is 12.3 Å². The van der Waals surface area contributed by atoms with Gasteiger partial charge in [-0.2, -0.15) is 0 Å². The average Bonchev–Trinajstić information content (AvgIpc) is 3.59. The van der Waals surface area contributed by atoms with Crippen molar-refractivity contribution in [3.8, 4) is 0 Å². The van der Waals surface area contributed by atoms with E-state index in [0.717, 1.165) is 15.2 Å². The summed E-state index contributed by atoms with van der Waals surface area (Å²) < 4.78 is 5.44. The number of amides is 4. The zero-order valence-corrected chi connectivity index (χ0v) is 27.6. The van der Waals surface area contributed by atoms with Gasteiger partial charge in [0.1, 0.15) is 11.6 Å². The van der Waals surface area contributed by atoms with E-state index in [1.807, 2.05) is 12.1 Å². The van der Waals surface area contributed by atoms with Gasteiger partial charge in [-0.3, -0.25) is 38.7 Å². The number of imide groups is 2. The lowest BCUT2D eigenvalue weighted by molar-refractivity contribution is 0.0475. The van der Waals surface area contributed by atoms with E-state index in [9.17, 15) is 33.6 Å². The molecule has 4 aromatic carbocycles. The summed E-state index contributed by atoms with van der Waals surface area (Å²) in [5.41, 5.74) is 1.81. The predicted octanol–water partition coefficient (Wildman–Crippen LogP) is 5.59. The highest BCUT2D eigenvalue weighted by atomic mass is 16.5. The lowest BCUT2D eigenvalue weighted by Crippen LogP contribution is -2.41. The molecule has 0 saturated heterocycles. The Morgan fingerprint density at radius 3 is 2.11 bits per heavy atom. The molecule has 0 spiro atoms. The second-order valence-corrected chi connectivity index (χ2v) is 12.8. The molecule has 4 amide bonds. The first kappa shape index (κ1) is 31.7. The molecular formula is C41H24N4O8. The fraction of sp³-hybridized carbons (Fsp3) is 0.0976. The molecule has 12 heteroatoms. The second-order valence-electron chi connectivity index (χ2n) is 12.8. The first-order valence-corrected chi connectivity index (χ1v) is 16.7. The van der Waals surface area contributed by atoms with Crippen molar-refractivity contribution >= 4 is 68.5 Å². The average molecular weight is 701 g/mol. The molecule has 0 radical (unpaired) electrons. The number of fused-ring (bicyclic) bond motifs is 3. The third kappa shape index (κ3) is 4.79. The standard InChI is InChI=1S/C41H24N4O8/c46-35-24-15-13-23(41(52)53-19-5-18-44-37(48)25-9-1-6-21-7-2-10-26(31(21)25)38(44)49)20-28(24)36(47)32(35)29-16-14-22-8-3-12-30(33(22)43-29)45-39(50)27-11-4-17-42-34(27)40(45)51/h1-4,6-17,20,32H,5,18-19H2. The van der Waals surface area contributed by atoms with Crippen LogP contribution in [0.2, 0.25) is 0 Å². The number of Topliss-reactive ketones (excluding diaryl/α,β-unsaturated/α-hetero) is 2. The van der Waals surface area contributed by atoms with Crippen LogP contribution in [0.5, 0.6) is 0 Å². The second kappa shape index (κ2) is 11.9. The van der Waals surface area contributed by atoms with Crippen molar-refractivity contribution in [2.75, 3.05) is 18.1 Å². The molecule has 0 bridgehead atoms. The van der Waals surface area contributed by atoms with Gasteiger partial charge in [-0.1, -0.05) is 42.5 Å². The molecule has 1 aliphatic carbocycles. The van der Waals surface area contributed by atoms with Crippen molar-refractivity contribution in [1.29, 1.82) is 0 Å². The van der Waals surface area contributed by atoms with E-state index in [2.05, 4.69) is 9.97 Å². The van der Waals surface area contributed by atoms with E-state index in [1.165, 1.54) is 30.5 Å². The van der Waals surface area contributed by atoms with Gasteiger partial charge in [-0.25, -0.2) is 14.7 Å². The normalized spacial score (nSPS) is 16.2. The van der Waals surface area contributed by atoms with Gasteiger partial charge in [0.25, 0.3) is 23.6 Å². The smallest absolute Gasteiger partial charge is 0.338 e. The first-order chi connectivity index (χ1) is 25.7. The third-order valence-corrected chi connectivity index (χ3v) is 9.83. The number of esters is 1. The molecule has 0 saturated carbocycles. The lowest BCUT2D eigenvalue weighted by atomic mass is 9.94. The van der Waals surface area contributed by atoms with Crippen LogP contribution in [0.4, 0.5) is 5.69 Å². The van der Waals surface area contributed by atoms with E-state index in [-0.39, 0.29) is 64.4 Å². The van der Waals surface area contributed by atoms with Gasteiger partial charge >= 0.3 is 5.97 Å². The number of pyridine rings is 2. The molecule has 53 heavy (non-hydrogen) atoms. The van der Waals surface area contributed by atoms with Gasteiger partial charge in [0.15, 0.2) is 11.6 Å². The molecule has 256 valence electrons. The maximum atomic E-state index is 13.8. The zero-order chi connectivity index (χ0) is 36.5. The number of hydrogen-bond acceptors (Lipinski definition) is 10. The van der Waals surface area contributed by atoms with Crippen molar-refractivity contribution in [3.05, 3.63) is 148 Å². The SMILES string of the molecule is O=C(OCCCN1C(=O)c2cccc3cccc(c23)C1=O)c1ccc2c(c1)C(=O)C(c1ccc3cccc(N4C(=O)c5cccnc5C4=O)c3n1)C2=O. The first-order valence-electron chi connectivity index (χ1n) is 16.7. The fourth-order valence-electron chi connectivity index (χ4n) is 7.32. The number of hydrogen-bond donors (Lipinski definition) is 0. The van der Waals surface area contributed by atoms with Gasteiger partial charge in [0.2, 0.25) is 0 Å². The topological polar surface area (TPSA) is 161 Å². The Hall–Kier alpha value is -7.21.